The normalized spacial score (nSPS) is 12.2. The van der Waals surface area contributed by atoms with Gasteiger partial charge < -0.3 is 15.8 Å². The summed E-state index contributed by atoms with van der Waals surface area (Å²) in [6.07, 6.45) is 1.55. The molecule has 0 saturated heterocycles. The quantitative estimate of drug-likeness (QED) is 0.889. The van der Waals surface area contributed by atoms with Crippen molar-refractivity contribution in [3.8, 4) is 5.75 Å². The Bertz CT molecular complexity index is 589. The van der Waals surface area contributed by atoms with Gasteiger partial charge in [-0.1, -0.05) is 30.7 Å². The summed E-state index contributed by atoms with van der Waals surface area (Å²) >= 11 is 6.04. The van der Waals surface area contributed by atoms with Crippen LogP contribution >= 0.6 is 11.6 Å². The van der Waals surface area contributed by atoms with E-state index >= 15 is 0 Å². The van der Waals surface area contributed by atoms with Crippen molar-refractivity contribution >= 4 is 17.4 Å². The Labute approximate surface area is 123 Å². The van der Waals surface area contributed by atoms with Crippen molar-refractivity contribution < 1.29 is 4.74 Å². The molecule has 1 heterocycles. The van der Waals surface area contributed by atoms with Crippen LogP contribution in [0.4, 0.5) is 5.82 Å². The SMILES string of the molecule is CCNC(c1cccc(OC)c1)c1cc(Cl)cnc1N. The Balaban J connectivity index is 2.46. The predicted molar refractivity (Wildman–Crippen MR) is 82.2 cm³/mol. The van der Waals surface area contributed by atoms with Crippen molar-refractivity contribution in [2.24, 2.45) is 0 Å². The number of pyridine rings is 1. The molecule has 0 aliphatic carbocycles. The van der Waals surface area contributed by atoms with E-state index in [2.05, 4.69) is 10.3 Å². The molecule has 2 rings (SSSR count). The fourth-order valence-corrected chi connectivity index (χ4v) is 2.30. The minimum Gasteiger partial charge on any atom is -0.497 e. The van der Waals surface area contributed by atoms with Crippen LogP contribution in [0.1, 0.15) is 24.1 Å². The summed E-state index contributed by atoms with van der Waals surface area (Å²) in [6, 6.07) is 9.64. The van der Waals surface area contributed by atoms with Crippen molar-refractivity contribution in [3.63, 3.8) is 0 Å². The number of hydrogen-bond acceptors (Lipinski definition) is 4. The first kappa shape index (κ1) is 14.6. The molecule has 5 heteroatoms. The molecule has 1 aromatic carbocycles. The average Bonchev–Trinajstić information content (AvgIpc) is 2.47. The maximum Gasteiger partial charge on any atom is 0.128 e. The van der Waals surface area contributed by atoms with Gasteiger partial charge in [-0.25, -0.2) is 4.98 Å². The molecule has 1 aromatic heterocycles. The Morgan fingerprint density at radius 1 is 1.40 bits per heavy atom. The molecule has 2 aromatic rings. The first-order chi connectivity index (χ1) is 9.65. The average molecular weight is 292 g/mol. The monoisotopic (exact) mass is 291 g/mol. The van der Waals surface area contributed by atoms with Gasteiger partial charge in [-0.2, -0.15) is 0 Å². The van der Waals surface area contributed by atoms with Crippen LogP contribution in [0.25, 0.3) is 0 Å². The highest BCUT2D eigenvalue weighted by Crippen LogP contribution is 2.29. The van der Waals surface area contributed by atoms with Crippen LogP contribution in [-0.4, -0.2) is 18.6 Å². The van der Waals surface area contributed by atoms with Crippen molar-refractivity contribution in [1.82, 2.24) is 10.3 Å². The summed E-state index contributed by atoms with van der Waals surface area (Å²) in [7, 11) is 1.65. The lowest BCUT2D eigenvalue weighted by Crippen LogP contribution is -2.23. The number of rotatable bonds is 5. The predicted octanol–water partition coefficient (Wildman–Crippen LogP) is 3.02. The molecule has 4 nitrogen and oxygen atoms in total. The number of nitrogens with zero attached hydrogens (tertiary/aromatic N) is 1. The molecule has 0 spiro atoms. The summed E-state index contributed by atoms with van der Waals surface area (Å²) < 4.78 is 5.27. The van der Waals surface area contributed by atoms with Crippen LogP contribution in [0.2, 0.25) is 5.02 Å². The van der Waals surface area contributed by atoms with Crippen LogP contribution in [0.15, 0.2) is 36.5 Å². The lowest BCUT2D eigenvalue weighted by Gasteiger charge is -2.20. The lowest BCUT2D eigenvalue weighted by molar-refractivity contribution is 0.413. The third kappa shape index (κ3) is 3.21. The largest absolute Gasteiger partial charge is 0.497 e. The molecule has 0 amide bonds. The van der Waals surface area contributed by atoms with Gasteiger partial charge in [0.15, 0.2) is 0 Å². The van der Waals surface area contributed by atoms with Gasteiger partial charge in [-0.3, -0.25) is 0 Å². The molecule has 0 radical (unpaired) electrons. The van der Waals surface area contributed by atoms with E-state index in [9.17, 15) is 0 Å². The van der Waals surface area contributed by atoms with E-state index in [1.165, 1.54) is 0 Å². The van der Waals surface area contributed by atoms with Gasteiger partial charge in [-0.05, 0) is 30.3 Å². The van der Waals surface area contributed by atoms with Gasteiger partial charge in [-0.15, -0.1) is 0 Å². The van der Waals surface area contributed by atoms with Gasteiger partial charge in [0.05, 0.1) is 18.2 Å². The van der Waals surface area contributed by atoms with Crippen molar-refractivity contribution in [2.45, 2.75) is 13.0 Å². The lowest BCUT2D eigenvalue weighted by atomic mass is 9.99. The van der Waals surface area contributed by atoms with Crippen LogP contribution < -0.4 is 15.8 Å². The van der Waals surface area contributed by atoms with Crippen LogP contribution in [0.3, 0.4) is 0 Å². The number of halogens is 1. The molecule has 1 unspecified atom stereocenters. The Hall–Kier alpha value is -1.78. The fourth-order valence-electron chi connectivity index (χ4n) is 2.13. The standard InChI is InChI=1S/C15H18ClN3O/c1-3-18-14(10-5-4-6-12(7-10)20-2)13-8-11(16)9-19-15(13)17/h4-9,14,18H,3H2,1-2H3,(H2,17,19). The second kappa shape index (κ2) is 6.59. The zero-order valence-electron chi connectivity index (χ0n) is 11.6. The van der Waals surface area contributed by atoms with E-state index in [0.717, 1.165) is 23.4 Å². The maximum atomic E-state index is 6.04. The zero-order valence-corrected chi connectivity index (χ0v) is 12.3. The topological polar surface area (TPSA) is 60.2 Å². The molecule has 0 aliphatic rings. The highest BCUT2D eigenvalue weighted by molar-refractivity contribution is 6.30. The van der Waals surface area contributed by atoms with E-state index in [4.69, 9.17) is 22.1 Å². The summed E-state index contributed by atoms with van der Waals surface area (Å²) in [5, 5.41) is 3.97. The first-order valence-electron chi connectivity index (χ1n) is 6.44. The van der Waals surface area contributed by atoms with Crippen molar-refractivity contribution in [1.29, 1.82) is 0 Å². The number of nitrogen functional groups attached to an aromatic ring is 1. The van der Waals surface area contributed by atoms with Gasteiger partial charge in [0, 0.05) is 11.8 Å². The number of ether oxygens (including phenoxy) is 1. The Morgan fingerprint density at radius 3 is 2.90 bits per heavy atom. The Morgan fingerprint density at radius 2 is 2.20 bits per heavy atom. The highest BCUT2D eigenvalue weighted by atomic mass is 35.5. The smallest absolute Gasteiger partial charge is 0.128 e. The van der Waals surface area contributed by atoms with Crippen molar-refractivity contribution in [3.05, 3.63) is 52.7 Å². The van der Waals surface area contributed by atoms with E-state index in [-0.39, 0.29) is 6.04 Å². The molecule has 3 N–H and O–H groups in total. The van der Waals surface area contributed by atoms with Gasteiger partial charge in [0.2, 0.25) is 0 Å². The van der Waals surface area contributed by atoms with Gasteiger partial charge in [0.1, 0.15) is 11.6 Å². The van der Waals surface area contributed by atoms with Crippen LogP contribution in [-0.2, 0) is 0 Å². The first-order valence-corrected chi connectivity index (χ1v) is 6.81. The number of methoxy groups -OCH3 is 1. The number of aromatic nitrogens is 1. The number of anilines is 1. The maximum absolute atomic E-state index is 6.04. The summed E-state index contributed by atoms with van der Waals surface area (Å²) in [5.41, 5.74) is 7.91. The molecule has 106 valence electrons. The second-order valence-corrected chi connectivity index (χ2v) is 4.83. The molecular formula is C15H18ClN3O. The molecular weight excluding hydrogens is 274 g/mol. The molecule has 0 saturated carbocycles. The van der Waals surface area contributed by atoms with E-state index in [1.54, 1.807) is 13.3 Å². The molecule has 1 atom stereocenters. The number of nitrogens with two attached hydrogens (primary N) is 1. The minimum absolute atomic E-state index is 0.0682. The number of hydrogen-bond donors (Lipinski definition) is 2. The molecule has 0 aliphatic heterocycles. The van der Waals surface area contributed by atoms with E-state index in [0.29, 0.717) is 10.8 Å². The number of nitrogens with one attached hydrogen (secondary N) is 1. The Kier molecular flexibility index (Phi) is 4.82. The molecule has 0 bridgehead atoms. The summed E-state index contributed by atoms with van der Waals surface area (Å²) in [6.45, 7) is 2.84. The van der Waals surface area contributed by atoms with Crippen molar-refractivity contribution in [2.75, 3.05) is 19.4 Å². The highest BCUT2D eigenvalue weighted by Gasteiger charge is 2.17. The third-order valence-electron chi connectivity index (χ3n) is 3.06. The molecule has 20 heavy (non-hydrogen) atoms. The summed E-state index contributed by atoms with van der Waals surface area (Å²) in [5.74, 6) is 1.28. The molecule has 0 fully saturated rings. The summed E-state index contributed by atoms with van der Waals surface area (Å²) in [4.78, 5) is 4.12. The van der Waals surface area contributed by atoms with E-state index in [1.807, 2.05) is 37.3 Å². The second-order valence-electron chi connectivity index (χ2n) is 4.40. The van der Waals surface area contributed by atoms with Crippen LogP contribution in [0.5, 0.6) is 5.75 Å². The third-order valence-corrected chi connectivity index (χ3v) is 3.27. The zero-order chi connectivity index (χ0) is 14.5. The minimum atomic E-state index is -0.0682. The fraction of sp³-hybridized carbons (Fsp3) is 0.267. The van der Waals surface area contributed by atoms with E-state index < -0.39 is 0 Å². The van der Waals surface area contributed by atoms with Crippen LogP contribution in [0, 0.1) is 0 Å². The number of benzene rings is 1. The van der Waals surface area contributed by atoms with Gasteiger partial charge in [0.25, 0.3) is 0 Å². The van der Waals surface area contributed by atoms with Gasteiger partial charge >= 0.3 is 0 Å².